The molecule has 0 unspecified atom stereocenters. The van der Waals surface area contributed by atoms with Crippen molar-refractivity contribution in [2.45, 2.75) is 34.2 Å². The van der Waals surface area contributed by atoms with Crippen LogP contribution in [0.15, 0.2) is 60.2 Å². The molecule has 0 saturated carbocycles. The van der Waals surface area contributed by atoms with Crippen molar-refractivity contribution in [3.8, 4) is 5.75 Å². The highest BCUT2D eigenvalue weighted by Gasteiger charge is 2.08. The molecule has 0 aliphatic rings. The molecule has 2 rings (SSSR count). The normalized spacial score (nSPS) is 11.1. The molecule has 0 atom stereocenters. The number of hydrogen-bond donors (Lipinski definition) is 2. The van der Waals surface area contributed by atoms with Crippen molar-refractivity contribution in [3.63, 3.8) is 0 Å². The summed E-state index contributed by atoms with van der Waals surface area (Å²) in [5.74, 6) is -0.287. The molecule has 2 amide bonds. The molecule has 0 radical (unpaired) electrons. The molecule has 0 saturated heterocycles. The highest BCUT2D eigenvalue weighted by molar-refractivity contribution is 5.99. The van der Waals surface area contributed by atoms with Crippen LogP contribution < -0.4 is 15.4 Å². The summed E-state index contributed by atoms with van der Waals surface area (Å²) < 4.78 is 5.00. The Bertz CT molecular complexity index is 932. The van der Waals surface area contributed by atoms with Gasteiger partial charge in [-0.2, -0.15) is 0 Å². The van der Waals surface area contributed by atoms with E-state index in [1.807, 2.05) is 39.0 Å². The number of carbonyl (C=O) groups is 3. The molecular weight excluding hydrogens is 368 g/mol. The van der Waals surface area contributed by atoms with Gasteiger partial charge in [0.1, 0.15) is 5.75 Å². The number of hydrogen-bond acceptors (Lipinski definition) is 4. The van der Waals surface area contributed by atoms with Crippen LogP contribution in [0, 0.1) is 5.92 Å². The third-order valence-corrected chi connectivity index (χ3v) is 4.27. The number of rotatable bonds is 7. The van der Waals surface area contributed by atoms with Gasteiger partial charge in [-0.15, -0.1) is 0 Å². The van der Waals surface area contributed by atoms with Crippen molar-refractivity contribution in [2.75, 3.05) is 5.32 Å². The van der Waals surface area contributed by atoms with Crippen LogP contribution in [0.5, 0.6) is 5.75 Å². The van der Waals surface area contributed by atoms with E-state index >= 15 is 0 Å². The number of carbonyl (C=O) groups excluding carboxylic acids is 3. The molecule has 0 heterocycles. The average Bonchev–Trinajstić information content (AvgIpc) is 2.65. The fourth-order valence-corrected chi connectivity index (χ4v) is 2.46. The molecule has 0 bridgehead atoms. The summed E-state index contributed by atoms with van der Waals surface area (Å²) in [5.41, 5.74) is 2.90. The summed E-state index contributed by atoms with van der Waals surface area (Å²) in [6, 6.07) is 13.7. The predicted molar refractivity (Wildman–Crippen MR) is 113 cm³/mol. The lowest BCUT2D eigenvalue weighted by Gasteiger charge is -2.09. The summed E-state index contributed by atoms with van der Waals surface area (Å²) in [6.45, 7) is 7.58. The average molecular weight is 394 g/mol. The van der Waals surface area contributed by atoms with Crippen molar-refractivity contribution in [1.29, 1.82) is 0 Å². The van der Waals surface area contributed by atoms with E-state index in [-0.39, 0.29) is 11.8 Å². The minimum Gasteiger partial charge on any atom is -0.427 e. The largest absolute Gasteiger partial charge is 0.427 e. The number of amides is 2. The second-order valence-electron chi connectivity index (χ2n) is 7.04. The maximum absolute atomic E-state index is 12.4. The molecule has 2 aromatic carbocycles. The van der Waals surface area contributed by atoms with E-state index in [2.05, 4.69) is 10.6 Å². The lowest BCUT2D eigenvalue weighted by Crippen LogP contribution is -2.23. The van der Waals surface area contributed by atoms with Crippen molar-refractivity contribution < 1.29 is 19.1 Å². The van der Waals surface area contributed by atoms with Gasteiger partial charge in [-0.1, -0.05) is 37.6 Å². The van der Waals surface area contributed by atoms with E-state index in [9.17, 15) is 14.4 Å². The molecule has 0 fully saturated rings. The van der Waals surface area contributed by atoms with Gasteiger partial charge in [0.25, 0.3) is 5.91 Å². The van der Waals surface area contributed by atoms with E-state index in [1.165, 1.54) is 13.0 Å². The first-order valence-corrected chi connectivity index (χ1v) is 9.39. The van der Waals surface area contributed by atoms with E-state index in [0.29, 0.717) is 29.5 Å². The second-order valence-corrected chi connectivity index (χ2v) is 7.04. The number of esters is 1. The summed E-state index contributed by atoms with van der Waals surface area (Å²) in [7, 11) is 0. The van der Waals surface area contributed by atoms with Gasteiger partial charge in [-0.05, 0) is 48.7 Å². The molecule has 6 heteroatoms. The van der Waals surface area contributed by atoms with E-state index in [4.69, 9.17) is 4.74 Å². The van der Waals surface area contributed by atoms with Gasteiger partial charge in [-0.25, -0.2) is 0 Å². The molecule has 0 aromatic heterocycles. The first kappa shape index (κ1) is 21.9. The number of anilines is 1. The van der Waals surface area contributed by atoms with Gasteiger partial charge < -0.3 is 15.4 Å². The molecule has 2 aromatic rings. The van der Waals surface area contributed by atoms with Gasteiger partial charge in [0, 0.05) is 30.8 Å². The Kier molecular flexibility index (Phi) is 7.71. The highest BCUT2D eigenvalue weighted by atomic mass is 16.5. The minimum absolute atomic E-state index is 0.181. The molecule has 2 N–H and O–H groups in total. The van der Waals surface area contributed by atoms with Crippen molar-refractivity contribution >= 4 is 23.5 Å². The zero-order valence-electron chi connectivity index (χ0n) is 17.1. The summed E-state index contributed by atoms with van der Waals surface area (Å²) >= 11 is 0. The predicted octanol–water partition coefficient (Wildman–Crippen LogP) is 4.08. The maximum atomic E-state index is 12.4. The Morgan fingerprint density at radius 1 is 1.03 bits per heavy atom. The van der Waals surface area contributed by atoms with Crippen LogP contribution in [-0.4, -0.2) is 17.8 Å². The van der Waals surface area contributed by atoms with Crippen LogP contribution in [0.3, 0.4) is 0 Å². The fourth-order valence-electron chi connectivity index (χ4n) is 2.46. The van der Waals surface area contributed by atoms with E-state index in [0.717, 1.165) is 11.1 Å². The summed E-state index contributed by atoms with van der Waals surface area (Å²) in [4.78, 5) is 35.5. The SMILES string of the molecule is CC(=O)Oc1cccc(C(=O)NCc2cccc(NC(=O)/C=C(\C)C(C)C)c2)c1. The maximum Gasteiger partial charge on any atom is 0.308 e. The number of allylic oxidation sites excluding steroid dienone is 1. The van der Waals surface area contributed by atoms with Crippen LogP contribution >= 0.6 is 0 Å². The van der Waals surface area contributed by atoms with Crippen LogP contribution in [0.2, 0.25) is 0 Å². The fraction of sp³-hybridized carbons (Fsp3) is 0.261. The Morgan fingerprint density at radius 3 is 2.45 bits per heavy atom. The summed E-state index contributed by atoms with van der Waals surface area (Å²) in [5, 5.41) is 5.66. The Morgan fingerprint density at radius 2 is 1.76 bits per heavy atom. The van der Waals surface area contributed by atoms with Gasteiger partial charge in [0.05, 0.1) is 0 Å². The van der Waals surface area contributed by atoms with Gasteiger partial charge in [0.15, 0.2) is 0 Å². The molecule has 29 heavy (non-hydrogen) atoms. The molecule has 0 aliphatic carbocycles. The zero-order valence-corrected chi connectivity index (χ0v) is 17.1. The zero-order chi connectivity index (χ0) is 21.4. The van der Waals surface area contributed by atoms with Crippen LogP contribution in [0.4, 0.5) is 5.69 Å². The van der Waals surface area contributed by atoms with Crippen molar-refractivity contribution in [2.24, 2.45) is 5.92 Å². The van der Waals surface area contributed by atoms with Gasteiger partial charge in [0.2, 0.25) is 5.91 Å². The minimum atomic E-state index is -0.445. The second kappa shape index (κ2) is 10.2. The Labute approximate surface area is 171 Å². The molecular formula is C23H26N2O4. The number of benzene rings is 2. The topological polar surface area (TPSA) is 84.5 Å². The van der Waals surface area contributed by atoms with Crippen molar-refractivity contribution in [1.82, 2.24) is 5.32 Å². The first-order valence-electron chi connectivity index (χ1n) is 9.39. The lowest BCUT2D eigenvalue weighted by atomic mass is 10.1. The molecule has 152 valence electrons. The monoisotopic (exact) mass is 394 g/mol. The van der Waals surface area contributed by atoms with E-state index in [1.54, 1.807) is 30.3 Å². The number of ether oxygens (including phenoxy) is 1. The van der Waals surface area contributed by atoms with Crippen molar-refractivity contribution in [3.05, 3.63) is 71.3 Å². The molecule has 0 spiro atoms. The number of nitrogens with one attached hydrogen (secondary N) is 2. The standard InChI is InChI=1S/C23H26N2O4/c1-15(2)16(3)11-22(27)25-20-9-5-7-18(12-20)14-24-23(28)19-8-6-10-21(13-19)29-17(4)26/h5-13,15H,14H2,1-4H3,(H,24,28)(H,25,27)/b16-11+. The quantitative estimate of drug-likeness (QED) is 0.421. The smallest absolute Gasteiger partial charge is 0.308 e. The van der Waals surface area contributed by atoms with Crippen LogP contribution in [0.25, 0.3) is 0 Å². The van der Waals surface area contributed by atoms with E-state index < -0.39 is 5.97 Å². The lowest BCUT2D eigenvalue weighted by molar-refractivity contribution is -0.131. The van der Waals surface area contributed by atoms with Gasteiger partial charge >= 0.3 is 5.97 Å². The van der Waals surface area contributed by atoms with Crippen LogP contribution in [0.1, 0.15) is 43.6 Å². The molecule has 0 aliphatic heterocycles. The summed E-state index contributed by atoms with van der Waals surface area (Å²) in [6.07, 6.45) is 1.59. The van der Waals surface area contributed by atoms with Crippen LogP contribution in [-0.2, 0) is 16.1 Å². The first-order chi connectivity index (χ1) is 13.7. The molecule has 6 nitrogen and oxygen atoms in total. The third-order valence-electron chi connectivity index (χ3n) is 4.27. The van der Waals surface area contributed by atoms with Gasteiger partial charge in [-0.3, -0.25) is 14.4 Å². The third kappa shape index (κ3) is 7.25. The Hall–Kier alpha value is -3.41. The highest BCUT2D eigenvalue weighted by Crippen LogP contribution is 2.15. The Balaban J connectivity index is 1.98.